The first-order chi connectivity index (χ1) is 8.97. The summed E-state index contributed by atoms with van der Waals surface area (Å²) < 4.78 is 0. The Morgan fingerprint density at radius 2 is 2.00 bits per heavy atom. The Hall–Kier alpha value is -1.81. The summed E-state index contributed by atoms with van der Waals surface area (Å²) in [6.07, 6.45) is 0. The first-order valence-electron chi connectivity index (χ1n) is 6.20. The van der Waals surface area contributed by atoms with Gasteiger partial charge in [-0.3, -0.25) is 4.79 Å². The molecule has 0 radical (unpaired) electrons. The van der Waals surface area contributed by atoms with Crippen LogP contribution in [0.4, 0.5) is 5.69 Å². The number of aryl methyl sites for hydroxylation is 2. The number of nitrogens with one attached hydrogen (secondary N) is 1. The second-order valence-corrected chi connectivity index (χ2v) is 6.03. The molecule has 0 aliphatic heterocycles. The molecule has 100 valence electrons. The number of amides is 1. The van der Waals surface area contributed by atoms with Gasteiger partial charge in [0.2, 0.25) is 0 Å². The summed E-state index contributed by atoms with van der Waals surface area (Å²) >= 11 is 1.70. The van der Waals surface area contributed by atoms with Gasteiger partial charge in [-0.2, -0.15) is 0 Å². The molecular formula is C15H18N2OS. The number of thiophene rings is 1. The molecule has 0 aliphatic rings. The molecule has 0 saturated carbocycles. The minimum absolute atomic E-state index is 0.0176. The molecule has 3 nitrogen and oxygen atoms in total. The molecule has 1 heterocycles. The largest absolute Gasteiger partial charge is 0.399 e. The summed E-state index contributed by atoms with van der Waals surface area (Å²) in [5.41, 5.74) is 8.03. The van der Waals surface area contributed by atoms with E-state index in [1.165, 1.54) is 4.88 Å². The zero-order valence-electron chi connectivity index (χ0n) is 11.4. The lowest BCUT2D eigenvalue weighted by Gasteiger charge is -2.13. The third-order valence-corrected chi connectivity index (χ3v) is 4.25. The third-order valence-electron chi connectivity index (χ3n) is 3.07. The van der Waals surface area contributed by atoms with E-state index in [9.17, 15) is 4.79 Å². The minimum Gasteiger partial charge on any atom is -0.399 e. The Morgan fingerprint density at radius 1 is 1.26 bits per heavy atom. The molecular weight excluding hydrogens is 256 g/mol. The maximum absolute atomic E-state index is 12.2. The van der Waals surface area contributed by atoms with Crippen molar-refractivity contribution in [1.82, 2.24) is 5.32 Å². The van der Waals surface area contributed by atoms with Crippen LogP contribution in [0.1, 0.15) is 38.6 Å². The second-order valence-electron chi connectivity index (χ2n) is 4.71. The van der Waals surface area contributed by atoms with Gasteiger partial charge in [-0.25, -0.2) is 0 Å². The lowest BCUT2D eigenvalue weighted by atomic mass is 10.1. The molecule has 0 bridgehead atoms. The zero-order valence-corrected chi connectivity index (χ0v) is 12.2. The van der Waals surface area contributed by atoms with E-state index in [1.807, 2.05) is 19.9 Å². The monoisotopic (exact) mass is 274 g/mol. The predicted octanol–water partition coefficient (Wildman–Crippen LogP) is 3.44. The summed E-state index contributed by atoms with van der Waals surface area (Å²) in [6, 6.07) is 9.48. The molecule has 1 amide bonds. The SMILES string of the molecule is Cc1ccc(C(C)NC(=O)c2ccc(N)c(C)c2)s1. The van der Waals surface area contributed by atoms with Gasteiger partial charge in [0.15, 0.2) is 0 Å². The number of nitrogens with two attached hydrogens (primary N) is 1. The predicted molar refractivity (Wildman–Crippen MR) is 80.5 cm³/mol. The molecule has 3 N–H and O–H groups in total. The van der Waals surface area contributed by atoms with E-state index in [0.717, 1.165) is 10.4 Å². The Labute approximate surface area is 117 Å². The lowest BCUT2D eigenvalue weighted by Crippen LogP contribution is -2.26. The van der Waals surface area contributed by atoms with Gasteiger partial charge in [0.25, 0.3) is 5.91 Å². The van der Waals surface area contributed by atoms with Crippen LogP contribution in [-0.2, 0) is 0 Å². The number of rotatable bonds is 3. The van der Waals surface area contributed by atoms with Crippen LogP contribution in [0.3, 0.4) is 0 Å². The molecule has 1 aromatic heterocycles. The molecule has 4 heteroatoms. The highest BCUT2D eigenvalue weighted by atomic mass is 32.1. The van der Waals surface area contributed by atoms with Gasteiger partial charge in [0.1, 0.15) is 0 Å². The molecule has 19 heavy (non-hydrogen) atoms. The van der Waals surface area contributed by atoms with Crippen molar-refractivity contribution >= 4 is 22.9 Å². The number of hydrogen-bond donors (Lipinski definition) is 2. The van der Waals surface area contributed by atoms with Crippen LogP contribution in [0, 0.1) is 13.8 Å². The topological polar surface area (TPSA) is 55.1 Å². The van der Waals surface area contributed by atoms with Gasteiger partial charge in [-0.05, 0) is 56.7 Å². The maximum atomic E-state index is 12.2. The van der Waals surface area contributed by atoms with E-state index in [4.69, 9.17) is 5.73 Å². The normalized spacial score (nSPS) is 12.2. The van der Waals surface area contributed by atoms with Crippen LogP contribution in [0.15, 0.2) is 30.3 Å². The van der Waals surface area contributed by atoms with Crippen LogP contribution in [-0.4, -0.2) is 5.91 Å². The molecule has 2 rings (SSSR count). The molecule has 0 spiro atoms. The van der Waals surface area contributed by atoms with Gasteiger partial charge < -0.3 is 11.1 Å². The highest BCUT2D eigenvalue weighted by molar-refractivity contribution is 7.12. The number of carbonyl (C=O) groups is 1. The Balaban J connectivity index is 2.10. The fourth-order valence-electron chi connectivity index (χ4n) is 1.85. The summed E-state index contributed by atoms with van der Waals surface area (Å²) in [5.74, 6) is -0.0679. The fourth-order valence-corrected chi connectivity index (χ4v) is 2.73. The molecule has 1 unspecified atom stereocenters. The average Bonchev–Trinajstić information content (AvgIpc) is 2.79. The average molecular weight is 274 g/mol. The standard InChI is InChI=1S/C15H18N2OS/c1-9-8-12(5-6-13(9)16)15(18)17-11(3)14-7-4-10(2)19-14/h4-8,11H,16H2,1-3H3,(H,17,18). The first kappa shape index (κ1) is 13.6. The number of carbonyl (C=O) groups excluding carboxylic acids is 1. The van der Waals surface area contributed by atoms with Crippen molar-refractivity contribution in [3.8, 4) is 0 Å². The van der Waals surface area contributed by atoms with Crippen molar-refractivity contribution in [2.45, 2.75) is 26.8 Å². The van der Waals surface area contributed by atoms with E-state index in [0.29, 0.717) is 11.3 Å². The highest BCUT2D eigenvalue weighted by Crippen LogP contribution is 2.22. The summed E-state index contributed by atoms with van der Waals surface area (Å²) in [6.45, 7) is 5.96. The van der Waals surface area contributed by atoms with Gasteiger partial charge >= 0.3 is 0 Å². The van der Waals surface area contributed by atoms with Gasteiger partial charge in [-0.15, -0.1) is 11.3 Å². The number of hydrogen-bond acceptors (Lipinski definition) is 3. The van der Waals surface area contributed by atoms with Crippen LogP contribution in [0.2, 0.25) is 0 Å². The van der Waals surface area contributed by atoms with Crippen LogP contribution in [0.25, 0.3) is 0 Å². The van der Waals surface area contributed by atoms with E-state index in [2.05, 4.69) is 24.4 Å². The van der Waals surface area contributed by atoms with Crippen molar-refractivity contribution in [1.29, 1.82) is 0 Å². The maximum Gasteiger partial charge on any atom is 0.251 e. The minimum atomic E-state index is -0.0679. The van der Waals surface area contributed by atoms with Crippen molar-refractivity contribution in [3.63, 3.8) is 0 Å². The molecule has 1 atom stereocenters. The highest BCUT2D eigenvalue weighted by Gasteiger charge is 2.13. The number of anilines is 1. The summed E-state index contributed by atoms with van der Waals surface area (Å²) in [7, 11) is 0. The van der Waals surface area contributed by atoms with E-state index >= 15 is 0 Å². The molecule has 0 fully saturated rings. The smallest absolute Gasteiger partial charge is 0.251 e. The molecule has 0 saturated heterocycles. The van der Waals surface area contributed by atoms with Gasteiger partial charge in [0.05, 0.1) is 6.04 Å². The molecule has 0 aliphatic carbocycles. The first-order valence-corrected chi connectivity index (χ1v) is 7.02. The Bertz CT molecular complexity index is 604. The lowest BCUT2D eigenvalue weighted by molar-refractivity contribution is 0.0940. The number of nitrogen functional groups attached to an aromatic ring is 1. The van der Waals surface area contributed by atoms with E-state index < -0.39 is 0 Å². The van der Waals surface area contributed by atoms with E-state index in [1.54, 1.807) is 23.5 Å². The number of benzene rings is 1. The summed E-state index contributed by atoms with van der Waals surface area (Å²) in [4.78, 5) is 14.6. The van der Waals surface area contributed by atoms with Crippen molar-refractivity contribution in [3.05, 3.63) is 51.2 Å². The van der Waals surface area contributed by atoms with Gasteiger partial charge in [-0.1, -0.05) is 0 Å². The van der Waals surface area contributed by atoms with Crippen molar-refractivity contribution in [2.24, 2.45) is 0 Å². The summed E-state index contributed by atoms with van der Waals surface area (Å²) in [5, 5.41) is 3.00. The van der Waals surface area contributed by atoms with Crippen molar-refractivity contribution in [2.75, 3.05) is 5.73 Å². The van der Waals surface area contributed by atoms with Gasteiger partial charge in [0, 0.05) is 21.0 Å². The molecule has 1 aromatic carbocycles. The molecule has 2 aromatic rings. The Kier molecular flexibility index (Phi) is 3.90. The van der Waals surface area contributed by atoms with E-state index in [-0.39, 0.29) is 11.9 Å². The second kappa shape index (κ2) is 5.45. The third kappa shape index (κ3) is 3.15. The van der Waals surface area contributed by atoms with Crippen molar-refractivity contribution < 1.29 is 4.79 Å². The Morgan fingerprint density at radius 3 is 2.58 bits per heavy atom. The zero-order chi connectivity index (χ0) is 14.0. The quantitative estimate of drug-likeness (QED) is 0.842. The fraction of sp³-hybridized carbons (Fsp3) is 0.267. The van der Waals surface area contributed by atoms with Crippen LogP contribution in [0.5, 0.6) is 0 Å². The van der Waals surface area contributed by atoms with Crippen LogP contribution < -0.4 is 11.1 Å². The van der Waals surface area contributed by atoms with Crippen LogP contribution >= 0.6 is 11.3 Å².